The fourth-order valence-corrected chi connectivity index (χ4v) is 9.61. The van der Waals surface area contributed by atoms with Crippen molar-refractivity contribution in [1.29, 1.82) is 0 Å². The van der Waals surface area contributed by atoms with Crippen molar-refractivity contribution < 1.29 is 49.3 Å². The molecule has 0 saturated carbocycles. The van der Waals surface area contributed by atoms with Gasteiger partial charge in [0.1, 0.15) is 0 Å². The SMILES string of the molecule is CC(C)O[Si](O)(OC(C)C)O[Si](O)(OC(C)C)OC(C)C.CC(C)c1cccc(C(C)C)c1[N]=[Mo]=[CH]C(C)(C)C. The Morgan fingerprint density at radius 2 is 1.00 bits per heavy atom. The van der Waals surface area contributed by atoms with E-state index < -0.39 is 36.0 Å². The van der Waals surface area contributed by atoms with Gasteiger partial charge in [-0.2, -0.15) is 0 Å². The third kappa shape index (κ3) is 17.0. The molecule has 40 heavy (non-hydrogen) atoms. The Morgan fingerprint density at radius 1 is 0.675 bits per heavy atom. The van der Waals surface area contributed by atoms with E-state index in [9.17, 15) is 9.59 Å². The Bertz CT molecular complexity index is 867. The second-order valence-corrected chi connectivity index (χ2v) is 18.0. The molecule has 0 radical (unpaired) electrons. The maximum atomic E-state index is 10.5. The average molecular weight is 684 g/mol. The third-order valence-corrected chi connectivity index (χ3v) is 12.5. The van der Waals surface area contributed by atoms with E-state index in [4.69, 9.17) is 25.3 Å². The van der Waals surface area contributed by atoms with Gasteiger partial charge in [0.2, 0.25) is 0 Å². The zero-order valence-corrected chi connectivity index (χ0v) is 31.6. The summed E-state index contributed by atoms with van der Waals surface area (Å²) in [4.78, 5) is 21.0. The van der Waals surface area contributed by atoms with Crippen LogP contribution in [-0.4, -0.2) is 56.5 Å². The molecule has 0 amide bonds. The van der Waals surface area contributed by atoms with E-state index in [0.717, 1.165) is 0 Å². The summed E-state index contributed by atoms with van der Waals surface area (Å²) >= 11 is -0.415. The molecule has 8 nitrogen and oxygen atoms in total. The van der Waals surface area contributed by atoms with Gasteiger partial charge in [0, 0.05) is 24.4 Å². The third-order valence-electron chi connectivity index (χ3n) is 4.69. The molecule has 0 heterocycles. The van der Waals surface area contributed by atoms with E-state index in [1.807, 2.05) is 0 Å². The van der Waals surface area contributed by atoms with Crippen LogP contribution in [-0.2, 0) is 39.7 Å². The van der Waals surface area contributed by atoms with Gasteiger partial charge in [-0.15, -0.1) is 0 Å². The first-order chi connectivity index (χ1) is 18.1. The molecule has 0 spiro atoms. The number of benzene rings is 1. The van der Waals surface area contributed by atoms with E-state index in [2.05, 4.69) is 71.1 Å². The van der Waals surface area contributed by atoms with Crippen LogP contribution >= 0.6 is 0 Å². The van der Waals surface area contributed by atoms with Crippen LogP contribution in [0, 0.1) is 5.41 Å². The minimum atomic E-state index is -4.08. The first-order valence-corrected chi connectivity index (χ1v) is 19.7. The van der Waals surface area contributed by atoms with Gasteiger partial charge in [-0.25, -0.2) is 0 Å². The van der Waals surface area contributed by atoms with Gasteiger partial charge in [-0.05, 0) is 55.4 Å². The summed E-state index contributed by atoms with van der Waals surface area (Å²) in [6.45, 7) is 29.7. The van der Waals surface area contributed by atoms with Gasteiger partial charge in [0.05, 0.1) is 0 Å². The predicted octanol–water partition coefficient (Wildman–Crippen LogP) is 7.24. The van der Waals surface area contributed by atoms with Crippen molar-refractivity contribution in [3.05, 3.63) is 29.3 Å². The second kappa shape index (κ2) is 17.8. The first kappa shape index (κ1) is 39.7. The van der Waals surface area contributed by atoms with Crippen LogP contribution in [0.5, 0.6) is 0 Å². The zero-order valence-electron chi connectivity index (χ0n) is 27.6. The van der Waals surface area contributed by atoms with Gasteiger partial charge in [0.15, 0.2) is 0 Å². The maximum absolute atomic E-state index is 10.5. The topological polar surface area (TPSA) is 99.0 Å². The average Bonchev–Trinajstić information content (AvgIpc) is 2.69. The zero-order chi connectivity index (χ0) is 31.5. The molecule has 0 aromatic heterocycles. The summed E-state index contributed by atoms with van der Waals surface area (Å²) in [5.41, 5.74) is 4.36. The van der Waals surface area contributed by atoms with E-state index >= 15 is 0 Å². The Morgan fingerprint density at radius 3 is 1.25 bits per heavy atom. The van der Waals surface area contributed by atoms with E-state index in [0.29, 0.717) is 11.8 Å². The van der Waals surface area contributed by atoms with Gasteiger partial charge >= 0.3 is 145 Å². The Hall–Kier alpha value is -0.268. The van der Waals surface area contributed by atoms with Crippen LogP contribution in [0.3, 0.4) is 0 Å². The van der Waals surface area contributed by atoms with Crippen LogP contribution in [0.1, 0.15) is 127 Å². The van der Waals surface area contributed by atoms with Gasteiger partial charge in [-0.3, -0.25) is 0 Å². The van der Waals surface area contributed by atoms with Crippen molar-refractivity contribution in [2.24, 2.45) is 8.91 Å². The molecule has 0 aliphatic rings. The fourth-order valence-electron chi connectivity index (χ4n) is 3.36. The molecule has 0 unspecified atom stereocenters. The van der Waals surface area contributed by atoms with Crippen molar-refractivity contribution in [2.75, 3.05) is 0 Å². The Balaban J connectivity index is 0.000000763. The molecule has 0 aliphatic heterocycles. The Labute approximate surface area is 255 Å². The van der Waals surface area contributed by atoms with Gasteiger partial charge in [-0.1, -0.05) is 0 Å². The summed E-state index contributed by atoms with van der Waals surface area (Å²) < 4.78 is 34.3. The molecule has 1 aromatic rings. The Kier molecular flexibility index (Phi) is 17.6. The van der Waals surface area contributed by atoms with Gasteiger partial charge < -0.3 is 31.4 Å². The fraction of sp³-hybridized carbons (Fsp3) is 0.759. The first-order valence-electron chi connectivity index (χ1n) is 14.3. The van der Waals surface area contributed by atoms with E-state index in [-0.39, 0.29) is 29.8 Å². The summed E-state index contributed by atoms with van der Waals surface area (Å²) in [6.07, 6.45) is -1.35. The molecule has 2 N–H and O–H groups in total. The summed E-state index contributed by atoms with van der Waals surface area (Å²) in [6, 6.07) is 6.65. The number of nitrogens with zero attached hydrogens (tertiary/aromatic N) is 1. The number of rotatable bonds is 13. The molecule has 0 saturated heterocycles. The van der Waals surface area contributed by atoms with Crippen molar-refractivity contribution in [3.63, 3.8) is 0 Å². The molecule has 1 rings (SSSR count). The summed E-state index contributed by atoms with van der Waals surface area (Å²) in [7, 11) is -8.17. The number of hydrogen-bond donors (Lipinski definition) is 2. The van der Waals surface area contributed by atoms with Crippen LogP contribution in [0.15, 0.2) is 21.7 Å². The minimum absolute atomic E-state index is 0.288. The van der Waals surface area contributed by atoms with Crippen molar-refractivity contribution in [3.8, 4) is 0 Å². The molecular weight excluding hydrogens is 626 g/mol. The molecule has 0 atom stereocenters. The summed E-state index contributed by atoms with van der Waals surface area (Å²) in [5, 5.41) is 0. The predicted molar refractivity (Wildman–Crippen MR) is 164 cm³/mol. The second-order valence-electron chi connectivity index (χ2n) is 12.6. The monoisotopic (exact) mass is 685 g/mol. The quantitative estimate of drug-likeness (QED) is 0.212. The van der Waals surface area contributed by atoms with Gasteiger partial charge in [0.25, 0.3) is 0 Å². The molecule has 0 bridgehead atoms. The molecule has 11 heteroatoms. The van der Waals surface area contributed by atoms with Crippen molar-refractivity contribution >= 4 is 28.2 Å². The molecule has 0 aliphatic carbocycles. The van der Waals surface area contributed by atoms with Crippen LogP contribution in [0.2, 0.25) is 0 Å². The van der Waals surface area contributed by atoms with E-state index in [1.165, 1.54) is 16.8 Å². The van der Waals surface area contributed by atoms with Crippen LogP contribution in [0.4, 0.5) is 5.69 Å². The molecule has 1 aromatic carbocycles. The summed E-state index contributed by atoms with van der Waals surface area (Å²) in [5.74, 6) is 1.08. The normalized spacial score (nSPS) is 13.0. The van der Waals surface area contributed by atoms with E-state index in [1.54, 1.807) is 55.4 Å². The molecule has 0 fully saturated rings. The molecule has 234 valence electrons. The standard InChI is InChI=1S/C12H17N.C12H30O7Si2.C5H10.Mo/c1-8(2)10-6-5-7-11(9(3)4)12(10)13;1-9(2)15-20(13,16-10(3)4)19-21(14,17-11(5)6)18-12(7)8;1-5(2,3)4;/h5-9H,1-4H3;9-14H,1-8H3;1H,2-4H3;. The van der Waals surface area contributed by atoms with Crippen molar-refractivity contribution in [1.82, 2.24) is 0 Å². The number of hydrogen-bond acceptors (Lipinski definition) is 8. The van der Waals surface area contributed by atoms with Crippen molar-refractivity contribution in [2.45, 2.75) is 140 Å². The van der Waals surface area contributed by atoms with Crippen LogP contribution in [0.25, 0.3) is 0 Å². The molecular formula is C29H57MoNO7Si2. The van der Waals surface area contributed by atoms with Crippen LogP contribution < -0.4 is 0 Å².